The van der Waals surface area contributed by atoms with E-state index in [1.807, 2.05) is 6.92 Å². The Morgan fingerprint density at radius 1 is 1.33 bits per heavy atom. The van der Waals surface area contributed by atoms with E-state index in [2.05, 4.69) is 5.32 Å². The zero-order valence-corrected chi connectivity index (χ0v) is 9.38. The molecule has 0 aliphatic rings. The van der Waals surface area contributed by atoms with Gasteiger partial charge in [0.2, 0.25) is 5.91 Å². The highest BCUT2D eigenvalue weighted by Gasteiger charge is 2.13. The minimum atomic E-state index is -0.562. The van der Waals surface area contributed by atoms with E-state index in [0.29, 0.717) is 0 Å². The fourth-order valence-electron chi connectivity index (χ4n) is 1.16. The fourth-order valence-corrected chi connectivity index (χ4v) is 1.23. The second kappa shape index (κ2) is 5.12. The normalized spacial score (nSPS) is 14.4. The van der Waals surface area contributed by atoms with E-state index in [4.69, 9.17) is 11.6 Å². The van der Waals surface area contributed by atoms with Crippen LogP contribution >= 0.6 is 11.6 Å². The van der Waals surface area contributed by atoms with Gasteiger partial charge < -0.3 is 5.32 Å². The zero-order valence-electron chi connectivity index (χ0n) is 8.63. The van der Waals surface area contributed by atoms with E-state index in [1.54, 1.807) is 19.1 Å². The van der Waals surface area contributed by atoms with Gasteiger partial charge in [-0.3, -0.25) is 4.79 Å². The van der Waals surface area contributed by atoms with E-state index in [0.717, 1.165) is 5.56 Å². The lowest BCUT2D eigenvalue weighted by molar-refractivity contribution is -0.121. The van der Waals surface area contributed by atoms with Crippen LogP contribution < -0.4 is 5.32 Å². The lowest BCUT2D eigenvalue weighted by atomic mass is 10.1. The van der Waals surface area contributed by atoms with Gasteiger partial charge in [0.15, 0.2) is 0 Å². The molecule has 1 aromatic rings. The molecule has 0 saturated heterocycles. The molecular formula is C11H13ClFNO. The van der Waals surface area contributed by atoms with Crippen molar-refractivity contribution in [3.8, 4) is 0 Å². The van der Waals surface area contributed by atoms with Crippen LogP contribution in [0.2, 0.25) is 0 Å². The molecule has 0 radical (unpaired) electrons. The van der Waals surface area contributed by atoms with Crippen LogP contribution in [0.15, 0.2) is 24.3 Å². The van der Waals surface area contributed by atoms with Crippen LogP contribution in [0.25, 0.3) is 0 Å². The van der Waals surface area contributed by atoms with Crippen molar-refractivity contribution in [3.05, 3.63) is 35.6 Å². The number of amides is 1. The van der Waals surface area contributed by atoms with E-state index >= 15 is 0 Å². The Morgan fingerprint density at radius 3 is 2.33 bits per heavy atom. The van der Waals surface area contributed by atoms with Crippen molar-refractivity contribution >= 4 is 17.5 Å². The molecular weight excluding hydrogens is 217 g/mol. The summed E-state index contributed by atoms with van der Waals surface area (Å²) in [5.41, 5.74) is 0.849. The summed E-state index contributed by atoms with van der Waals surface area (Å²) in [6, 6.07) is 5.84. The van der Waals surface area contributed by atoms with Gasteiger partial charge in [-0.25, -0.2) is 4.39 Å². The molecule has 1 N–H and O–H groups in total. The summed E-state index contributed by atoms with van der Waals surface area (Å²) in [7, 11) is 0. The molecule has 0 aliphatic carbocycles. The minimum Gasteiger partial charge on any atom is -0.348 e. The van der Waals surface area contributed by atoms with Crippen molar-refractivity contribution in [2.75, 3.05) is 0 Å². The molecule has 0 unspecified atom stereocenters. The Morgan fingerprint density at radius 2 is 1.87 bits per heavy atom. The summed E-state index contributed by atoms with van der Waals surface area (Å²) >= 11 is 5.61. The van der Waals surface area contributed by atoms with Crippen LogP contribution in [0.5, 0.6) is 0 Å². The molecule has 0 saturated carbocycles. The van der Waals surface area contributed by atoms with Gasteiger partial charge in [-0.1, -0.05) is 12.1 Å². The number of hydrogen-bond donors (Lipinski definition) is 1. The summed E-state index contributed by atoms with van der Waals surface area (Å²) in [4.78, 5) is 11.3. The molecule has 0 aromatic heterocycles. The van der Waals surface area contributed by atoms with Crippen LogP contribution in [0.4, 0.5) is 4.39 Å². The topological polar surface area (TPSA) is 29.1 Å². The van der Waals surface area contributed by atoms with Gasteiger partial charge in [-0.15, -0.1) is 11.6 Å². The summed E-state index contributed by atoms with van der Waals surface area (Å²) in [6.07, 6.45) is 0. The second-order valence-electron chi connectivity index (χ2n) is 3.40. The number of hydrogen-bond acceptors (Lipinski definition) is 1. The maximum absolute atomic E-state index is 12.6. The molecule has 2 atom stereocenters. The number of carbonyl (C=O) groups excluding carboxylic acids is 1. The third-order valence-corrected chi connectivity index (χ3v) is 2.29. The molecule has 82 valence electrons. The van der Waals surface area contributed by atoms with Gasteiger partial charge in [0.25, 0.3) is 0 Å². The number of carbonyl (C=O) groups is 1. The van der Waals surface area contributed by atoms with Crippen molar-refractivity contribution in [1.29, 1.82) is 0 Å². The number of alkyl halides is 1. The van der Waals surface area contributed by atoms with Crippen molar-refractivity contribution in [2.45, 2.75) is 25.3 Å². The standard InChI is InChI=1S/C11H13ClFNO/c1-7(12)11(15)14-8(2)9-3-5-10(13)6-4-9/h3-8H,1-2H3,(H,14,15)/t7-,8+/m1/s1. The minimum absolute atomic E-state index is 0.167. The van der Waals surface area contributed by atoms with Crippen LogP contribution in [0, 0.1) is 5.82 Å². The third kappa shape index (κ3) is 3.51. The number of halogens is 2. The first-order valence-corrected chi connectivity index (χ1v) is 5.14. The first-order valence-electron chi connectivity index (χ1n) is 4.70. The van der Waals surface area contributed by atoms with Crippen molar-refractivity contribution < 1.29 is 9.18 Å². The first-order chi connectivity index (χ1) is 7.00. The third-order valence-electron chi connectivity index (χ3n) is 2.09. The van der Waals surface area contributed by atoms with E-state index < -0.39 is 5.38 Å². The predicted octanol–water partition coefficient (Wildman–Crippen LogP) is 2.63. The molecule has 4 heteroatoms. The second-order valence-corrected chi connectivity index (χ2v) is 4.05. The number of nitrogens with one attached hydrogen (secondary N) is 1. The zero-order chi connectivity index (χ0) is 11.4. The van der Waals surface area contributed by atoms with Crippen molar-refractivity contribution in [1.82, 2.24) is 5.32 Å². The highest BCUT2D eigenvalue weighted by atomic mass is 35.5. The molecule has 1 amide bonds. The molecule has 2 nitrogen and oxygen atoms in total. The Hall–Kier alpha value is -1.09. The van der Waals surface area contributed by atoms with E-state index in [1.165, 1.54) is 12.1 Å². The molecule has 0 bridgehead atoms. The Bertz CT molecular complexity index is 337. The Labute approximate surface area is 93.4 Å². The quantitative estimate of drug-likeness (QED) is 0.794. The van der Waals surface area contributed by atoms with Gasteiger partial charge in [-0.2, -0.15) is 0 Å². The SMILES string of the molecule is C[C@H](NC(=O)[C@@H](C)Cl)c1ccc(F)cc1. The summed E-state index contributed by atoms with van der Waals surface area (Å²) in [6.45, 7) is 3.43. The average Bonchev–Trinajstić information content (AvgIpc) is 2.18. The number of rotatable bonds is 3. The molecule has 0 heterocycles. The largest absolute Gasteiger partial charge is 0.348 e. The average molecular weight is 230 g/mol. The predicted molar refractivity (Wildman–Crippen MR) is 58.3 cm³/mol. The Balaban J connectivity index is 2.65. The van der Waals surface area contributed by atoms with Gasteiger partial charge in [0.1, 0.15) is 11.2 Å². The van der Waals surface area contributed by atoms with Crippen molar-refractivity contribution in [3.63, 3.8) is 0 Å². The molecule has 0 fully saturated rings. The molecule has 1 aromatic carbocycles. The van der Waals surface area contributed by atoms with Crippen molar-refractivity contribution in [2.24, 2.45) is 0 Å². The lowest BCUT2D eigenvalue weighted by Crippen LogP contribution is -2.31. The monoisotopic (exact) mass is 229 g/mol. The van der Waals surface area contributed by atoms with Gasteiger partial charge >= 0.3 is 0 Å². The Kier molecular flexibility index (Phi) is 4.09. The maximum atomic E-state index is 12.6. The molecule has 1 rings (SSSR count). The molecule has 0 aliphatic heterocycles. The van der Waals surface area contributed by atoms with E-state index in [-0.39, 0.29) is 17.8 Å². The van der Waals surface area contributed by atoms with Crippen LogP contribution in [0.1, 0.15) is 25.5 Å². The van der Waals surface area contributed by atoms with E-state index in [9.17, 15) is 9.18 Å². The number of benzene rings is 1. The highest BCUT2D eigenvalue weighted by molar-refractivity contribution is 6.30. The molecule has 15 heavy (non-hydrogen) atoms. The van der Waals surface area contributed by atoms with Crippen LogP contribution in [-0.2, 0) is 4.79 Å². The smallest absolute Gasteiger partial charge is 0.238 e. The van der Waals surface area contributed by atoms with Gasteiger partial charge in [0.05, 0.1) is 6.04 Å². The first kappa shape index (κ1) is 12.0. The summed E-state index contributed by atoms with van der Waals surface area (Å²) in [5, 5.41) is 2.16. The lowest BCUT2D eigenvalue weighted by Gasteiger charge is -2.15. The fraction of sp³-hybridized carbons (Fsp3) is 0.364. The van der Waals surface area contributed by atoms with Crippen LogP contribution in [-0.4, -0.2) is 11.3 Å². The van der Waals surface area contributed by atoms with Gasteiger partial charge in [-0.05, 0) is 31.5 Å². The van der Waals surface area contributed by atoms with Crippen LogP contribution in [0.3, 0.4) is 0 Å². The highest BCUT2D eigenvalue weighted by Crippen LogP contribution is 2.13. The summed E-state index contributed by atoms with van der Waals surface area (Å²) < 4.78 is 12.6. The maximum Gasteiger partial charge on any atom is 0.238 e. The molecule has 0 spiro atoms. The summed E-state index contributed by atoms with van der Waals surface area (Å²) in [5.74, 6) is -0.517. The van der Waals surface area contributed by atoms with Gasteiger partial charge in [0, 0.05) is 0 Å².